The smallest absolute Gasteiger partial charge is 0.243 e. The van der Waals surface area contributed by atoms with Crippen LogP contribution in [0.15, 0.2) is 42.5 Å². The molecule has 1 heterocycles. The van der Waals surface area contributed by atoms with Crippen LogP contribution in [0.25, 0.3) is 0 Å². The van der Waals surface area contributed by atoms with Crippen molar-refractivity contribution in [3.8, 4) is 5.75 Å². The summed E-state index contributed by atoms with van der Waals surface area (Å²) in [6, 6.07) is 14.7. The fraction of sp³-hybridized carbons (Fsp3) is 0.480. The van der Waals surface area contributed by atoms with E-state index in [2.05, 4.69) is 72.7 Å². The van der Waals surface area contributed by atoms with Crippen molar-refractivity contribution < 1.29 is 9.53 Å². The van der Waals surface area contributed by atoms with E-state index in [-0.39, 0.29) is 23.9 Å². The van der Waals surface area contributed by atoms with Gasteiger partial charge in [0.05, 0.1) is 0 Å². The lowest BCUT2D eigenvalue weighted by molar-refractivity contribution is -0.124. The van der Waals surface area contributed by atoms with Gasteiger partial charge in [-0.3, -0.25) is 4.79 Å². The molecule has 0 saturated heterocycles. The highest BCUT2D eigenvalue weighted by Gasteiger charge is 2.32. The fourth-order valence-corrected chi connectivity index (χ4v) is 4.18. The molecule has 1 unspecified atom stereocenters. The molecule has 5 heteroatoms. The minimum absolute atomic E-state index is 0.109. The molecule has 1 aliphatic rings. The van der Waals surface area contributed by atoms with Crippen LogP contribution in [-0.4, -0.2) is 32.1 Å². The summed E-state index contributed by atoms with van der Waals surface area (Å²) in [4.78, 5) is 15.0. The molecule has 5 nitrogen and oxygen atoms in total. The number of hydrogen-bond acceptors (Lipinski definition) is 4. The Morgan fingerprint density at radius 2 is 1.87 bits per heavy atom. The van der Waals surface area contributed by atoms with Crippen molar-refractivity contribution in [3.05, 3.63) is 59.2 Å². The number of fused-ring (bicyclic) bond motifs is 1. The first-order valence-corrected chi connectivity index (χ1v) is 10.9. The molecule has 162 valence electrons. The summed E-state index contributed by atoms with van der Waals surface area (Å²) < 4.78 is 6.11. The van der Waals surface area contributed by atoms with Crippen molar-refractivity contribution in [1.82, 2.24) is 10.6 Å². The predicted octanol–water partition coefficient (Wildman–Crippen LogP) is 3.90. The van der Waals surface area contributed by atoms with E-state index in [1.54, 1.807) is 0 Å². The van der Waals surface area contributed by atoms with E-state index >= 15 is 0 Å². The molecule has 0 aliphatic carbocycles. The Balaban J connectivity index is 1.81. The number of rotatable bonds is 7. The largest absolute Gasteiger partial charge is 0.489 e. The summed E-state index contributed by atoms with van der Waals surface area (Å²) in [5.41, 5.74) is 4.73. The molecular weight excluding hydrogens is 374 g/mol. The summed E-state index contributed by atoms with van der Waals surface area (Å²) >= 11 is 0. The van der Waals surface area contributed by atoms with Gasteiger partial charge in [-0.25, -0.2) is 0 Å². The van der Waals surface area contributed by atoms with Crippen LogP contribution in [0, 0.1) is 5.92 Å². The maximum atomic E-state index is 12.9. The highest BCUT2D eigenvalue weighted by molar-refractivity contribution is 5.86. The zero-order valence-electron chi connectivity index (χ0n) is 18.9. The van der Waals surface area contributed by atoms with Crippen LogP contribution in [0.3, 0.4) is 0 Å². The van der Waals surface area contributed by atoms with Gasteiger partial charge < -0.3 is 20.3 Å². The van der Waals surface area contributed by atoms with Crippen molar-refractivity contribution in [3.63, 3.8) is 0 Å². The van der Waals surface area contributed by atoms with E-state index in [0.717, 1.165) is 36.4 Å². The molecule has 0 spiro atoms. The SMILES string of the molecule is CCC1Cc2ccc(OCc3ccc(CNC)cc3)cc2N(C)[C@@H](C(C)C)C(=O)N1. The summed E-state index contributed by atoms with van der Waals surface area (Å²) in [6.45, 7) is 7.71. The molecule has 3 rings (SSSR count). The van der Waals surface area contributed by atoms with Crippen LogP contribution in [-0.2, 0) is 24.4 Å². The number of carbonyl (C=O) groups is 1. The summed E-state index contributed by atoms with van der Waals surface area (Å²) in [5.74, 6) is 1.15. The van der Waals surface area contributed by atoms with Crippen LogP contribution in [0.2, 0.25) is 0 Å². The molecular formula is C25H35N3O2. The number of carbonyl (C=O) groups excluding carboxylic acids is 1. The van der Waals surface area contributed by atoms with Crippen LogP contribution in [0.1, 0.15) is 43.9 Å². The lowest BCUT2D eigenvalue weighted by Crippen LogP contribution is -2.53. The van der Waals surface area contributed by atoms with Gasteiger partial charge >= 0.3 is 0 Å². The Kier molecular flexibility index (Phi) is 7.38. The number of amides is 1. The van der Waals surface area contributed by atoms with Crippen molar-refractivity contribution in [2.24, 2.45) is 5.92 Å². The minimum Gasteiger partial charge on any atom is -0.489 e. The number of nitrogens with zero attached hydrogens (tertiary/aromatic N) is 1. The molecule has 1 amide bonds. The Bertz CT molecular complexity index is 848. The topological polar surface area (TPSA) is 53.6 Å². The van der Waals surface area contributed by atoms with Crippen molar-refractivity contribution in [1.29, 1.82) is 0 Å². The average Bonchev–Trinajstić information content (AvgIpc) is 2.72. The zero-order chi connectivity index (χ0) is 21.7. The van der Waals surface area contributed by atoms with E-state index in [0.29, 0.717) is 6.61 Å². The Morgan fingerprint density at radius 1 is 1.17 bits per heavy atom. The first-order valence-electron chi connectivity index (χ1n) is 10.9. The highest BCUT2D eigenvalue weighted by Crippen LogP contribution is 2.31. The van der Waals surface area contributed by atoms with Gasteiger partial charge in [-0.05, 0) is 48.6 Å². The monoisotopic (exact) mass is 409 g/mol. The first kappa shape index (κ1) is 22.2. The molecule has 2 aromatic rings. The van der Waals surface area contributed by atoms with Gasteiger partial charge in [0, 0.05) is 31.4 Å². The van der Waals surface area contributed by atoms with Gasteiger partial charge in [-0.15, -0.1) is 0 Å². The number of likely N-dealkylation sites (N-methyl/N-ethyl adjacent to an activating group) is 1. The van der Waals surface area contributed by atoms with E-state index in [9.17, 15) is 4.79 Å². The van der Waals surface area contributed by atoms with Gasteiger partial charge in [-0.2, -0.15) is 0 Å². The molecule has 0 fully saturated rings. The lowest BCUT2D eigenvalue weighted by atomic mass is 9.94. The molecule has 2 atom stereocenters. The second-order valence-electron chi connectivity index (χ2n) is 8.54. The van der Waals surface area contributed by atoms with Crippen molar-refractivity contribution in [2.75, 3.05) is 19.0 Å². The number of ether oxygens (including phenoxy) is 1. The van der Waals surface area contributed by atoms with Gasteiger partial charge in [0.15, 0.2) is 0 Å². The maximum Gasteiger partial charge on any atom is 0.243 e. The molecule has 2 aromatic carbocycles. The Morgan fingerprint density at radius 3 is 2.50 bits per heavy atom. The minimum atomic E-state index is -0.201. The zero-order valence-corrected chi connectivity index (χ0v) is 18.9. The summed E-state index contributed by atoms with van der Waals surface area (Å²) in [7, 11) is 3.96. The molecule has 0 radical (unpaired) electrons. The Labute approximate surface area is 180 Å². The van der Waals surface area contributed by atoms with Crippen LogP contribution in [0.5, 0.6) is 5.75 Å². The van der Waals surface area contributed by atoms with E-state index < -0.39 is 0 Å². The highest BCUT2D eigenvalue weighted by atomic mass is 16.5. The van der Waals surface area contributed by atoms with Crippen LogP contribution >= 0.6 is 0 Å². The van der Waals surface area contributed by atoms with Gasteiger partial charge in [0.1, 0.15) is 18.4 Å². The molecule has 0 saturated carbocycles. The molecule has 0 aromatic heterocycles. The number of nitrogens with one attached hydrogen (secondary N) is 2. The van der Waals surface area contributed by atoms with E-state index in [1.807, 2.05) is 20.2 Å². The molecule has 1 aliphatic heterocycles. The third-order valence-corrected chi connectivity index (χ3v) is 5.87. The van der Waals surface area contributed by atoms with E-state index in [4.69, 9.17) is 4.74 Å². The maximum absolute atomic E-state index is 12.9. The summed E-state index contributed by atoms with van der Waals surface area (Å²) in [6.07, 6.45) is 1.75. The number of benzene rings is 2. The molecule has 0 bridgehead atoms. The molecule has 30 heavy (non-hydrogen) atoms. The second-order valence-corrected chi connectivity index (χ2v) is 8.54. The second kappa shape index (κ2) is 9.98. The number of hydrogen-bond donors (Lipinski definition) is 2. The fourth-order valence-electron chi connectivity index (χ4n) is 4.18. The van der Waals surface area contributed by atoms with Gasteiger partial charge in [0.25, 0.3) is 0 Å². The molecule has 2 N–H and O–H groups in total. The predicted molar refractivity (Wildman–Crippen MR) is 123 cm³/mol. The van der Waals surface area contributed by atoms with Crippen molar-refractivity contribution in [2.45, 2.75) is 58.8 Å². The van der Waals surface area contributed by atoms with Crippen LogP contribution in [0.4, 0.5) is 5.69 Å². The normalized spacial score (nSPS) is 19.1. The average molecular weight is 410 g/mol. The lowest BCUT2D eigenvalue weighted by Gasteiger charge is -2.37. The quantitative estimate of drug-likeness (QED) is 0.728. The van der Waals surface area contributed by atoms with Gasteiger partial charge in [0.2, 0.25) is 5.91 Å². The third-order valence-electron chi connectivity index (χ3n) is 5.87. The van der Waals surface area contributed by atoms with Gasteiger partial charge in [-0.1, -0.05) is 51.1 Å². The first-order chi connectivity index (χ1) is 14.4. The third kappa shape index (κ3) is 5.14. The van der Waals surface area contributed by atoms with Crippen LogP contribution < -0.4 is 20.3 Å². The van der Waals surface area contributed by atoms with E-state index in [1.165, 1.54) is 11.1 Å². The summed E-state index contributed by atoms with van der Waals surface area (Å²) in [5, 5.41) is 6.39. The Hall–Kier alpha value is -2.53. The standard InChI is InChI=1S/C25H35N3O2/c1-6-21-13-20-11-12-22(30-16-19-9-7-18(8-10-19)15-26-4)14-23(20)28(5)24(17(2)3)25(29)27-21/h7-12,14,17,21,24,26H,6,13,15-16H2,1-5H3,(H,27,29)/t21?,24-/m0/s1. The van der Waals surface area contributed by atoms with Crippen molar-refractivity contribution >= 4 is 11.6 Å². The number of anilines is 1.